The maximum atomic E-state index is 6.28. The molecular weight excluding hydrogens is 246 g/mol. The number of hydrogen-bond acceptors (Lipinski definition) is 6. The maximum Gasteiger partial charge on any atom is 0.137 e. The summed E-state index contributed by atoms with van der Waals surface area (Å²) in [6.07, 6.45) is 4.18. The van der Waals surface area contributed by atoms with Crippen LogP contribution in [0.15, 0.2) is 9.98 Å². The number of hydrogen-bond donors (Lipinski definition) is 2. The van der Waals surface area contributed by atoms with E-state index in [1.807, 2.05) is 6.92 Å². The zero-order valence-corrected chi connectivity index (χ0v) is 11.2. The van der Waals surface area contributed by atoms with Gasteiger partial charge < -0.3 is 5.73 Å². The maximum absolute atomic E-state index is 6.28. The molecule has 0 radical (unpaired) electrons. The third kappa shape index (κ3) is 2.23. The van der Waals surface area contributed by atoms with Crippen molar-refractivity contribution in [1.82, 2.24) is 10.3 Å². The molecule has 0 fully saturated rings. The van der Waals surface area contributed by atoms with Crippen molar-refractivity contribution >= 4 is 23.1 Å². The number of rotatable bonds is 2. The fourth-order valence-corrected chi connectivity index (χ4v) is 3.23. The summed E-state index contributed by atoms with van der Waals surface area (Å²) in [4.78, 5) is 13.6. The molecule has 0 saturated heterocycles. The summed E-state index contributed by atoms with van der Waals surface area (Å²) in [6, 6.07) is -0.172. The van der Waals surface area contributed by atoms with Crippen molar-refractivity contribution in [2.45, 2.75) is 32.0 Å². The molecule has 0 saturated carbocycles. The first-order chi connectivity index (χ1) is 8.74. The number of aliphatic imine (C=N–C) groups is 1. The molecule has 3 N–H and O–H groups in total. The summed E-state index contributed by atoms with van der Waals surface area (Å²) in [6.45, 7) is 3.85. The Bertz CT molecular complexity index is 555. The second-order valence-electron chi connectivity index (χ2n) is 4.60. The predicted octanol–water partition coefficient (Wildman–Crippen LogP) is -0.273. The van der Waals surface area contributed by atoms with E-state index in [9.17, 15) is 0 Å². The third-order valence-corrected chi connectivity index (χ3v) is 4.26. The first-order valence-corrected chi connectivity index (χ1v) is 7.12. The van der Waals surface area contributed by atoms with Gasteiger partial charge in [0.05, 0.1) is 17.6 Å². The average molecular weight is 263 g/mol. The zero-order valence-electron chi connectivity index (χ0n) is 10.4. The number of nitrogens with one attached hydrogen (secondary N) is 1. The Balaban J connectivity index is 1.93. The van der Waals surface area contributed by atoms with Gasteiger partial charge in [-0.05, 0) is 19.8 Å². The SMILES string of the molecule is CC1N=C(C(N)c2nc3c(s2)=NCCC=3)CCN1. The number of nitrogens with zero attached hydrogens (tertiary/aromatic N) is 3. The minimum Gasteiger partial charge on any atom is -0.317 e. The highest BCUT2D eigenvalue weighted by Crippen LogP contribution is 2.15. The van der Waals surface area contributed by atoms with Crippen LogP contribution < -0.4 is 21.1 Å². The van der Waals surface area contributed by atoms with Gasteiger partial charge in [-0.15, -0.1) is 0 Å². The molecule has 2 aliphatic rings. The molecule has 3 heterocycles. The van der Waals surface area contributed by atoms with Gasteiger partial charge in [-0.2, -0.15) is 0 Å². The van der Waals surface area contributed by atoms with E-state index in [1.165, 1.54) is 0 Å². The van der Waals surface area contributed by atoms with Crippen molar-refractivity contribution in [1.29, 1.82) is 0 Å². The Morgan fingerprint density at radius 3 is 3.22 bits per heavy atom. The van der Waals surface area contributed by atoms with Crippen LogP contribution in [0.5, 0.6) is 0 Å². The molecule has 2 atom stereocenters. The summed E-state index contributed by atoms with van der Waals surface area (Å²) in [7, 11) is 0. The molecule has 0 amide bonds. The Morgan fingerprint density at radius 1 is 1.56 bits per heavy atom. The molecular formula is C12H17N5S. The minimum atomic E-state index is -0.172. The van der Waals surface area contributed by atoms with Crippen LogP contribution in [0, 0.1) is 0 Å². The van der Waals surface area contributed by atoms with Gasteiger partial charge in [-0.1, -0.05) is 17.4 Å². The van der Waals surface area contributed by atoms with Crippen LogP contribution in [-0.2, 0) is 0 Å². The normalized spacial score (nSPS) is 24.6. The molecule has 96 valence electrons. The highest BCUT2D eigenvalue weighted by atomic mass is 32.1. The van der Waals surface area contributed by atoms with E-state index in [0.717, 1.165) is 46.7 Å². The summed E-state index contributed by atoms with van der Waals surface area (Å²) in [5.74, 6) is 0. The number of nitrogens with two attached hydrogens (primary N) is 1. The molecule has 6 heteroatoms. The van der Waals surface area contributed by atoms with Crippen molar-refractivity contribution in [3.63, 3.8) is 0 Å². The van der Waals surface area contributed by atoms with Gasteiger partial charge in [0.25, 0.3) is 0 Å². The topological polar surface area (TPSA) is 75.7 Å². The highest BCUT2D eigenvalue weighted by Gasteiger charge is 2.21. The number of aromatic nitrogens is 1. The van der Waals surface area contributed by atoms with Gasteiger partial charge in [-0.3, -0.25) is 15.3 Å². The third-order valence-electron chi connectivity index (χ3n) is 3.18. The first kappa shape index (κ1) is 12.0. The molecule has 18 heavy (non-hydrogen) atoms. The van der Waals surface area contributed by atoms with Gasteiger partial charge in [0.1, 0.15) is 9.68 Å². The van der Waals surface area contributed by atoms with Crippen LogP contribution in [0.25, 0.3) is 6.08 Å². The summed E-state index contributed by atoms with van der Waals surface area (Å²) >= 11 is 1.60. The van der Waals surface area contributed by atoms with Gasteiger partial charge in [0.2, 0.25) is 0 Å². The highest BCUT2D eigenvalue weighted by molar-refractivity contribution is 7.09. The second kappa shape index (κ2) is 4.87. The average Bonchev–Trinajstić information content (AvgIpc) is 2.81. The molecule has 2 aliphatic heterocycles. The Kier molecular flexibility index (Phi) is 3.23. The van der Waals surface area contributed by atoms with Crippen LogP contribution >= 0.6 is 11.3 Å². The molecule has 2 unspecified atom stereocenters. The lowest BCUT2D eigenvalue weighted by Gasteiger charge is -2.21. The van der Waals surface area contributed by atoms with Crippen molar-refractivity contribution in [3.05, 3.63) is 15.0 Å². The minimum absolute atomic E-state index is 0.158. The van der Waals surface area contributed by atoms with Gasteiger partial charge in [0.15, 0.2) is 0 Å². The molecule has 5 nitrogen and oxygen atoms in total. The van der Waals surface area contributed by atoms with Crippen LogP contribution in [0.1, 0.15) is 30.8 Å². The van der Waals surface area contributed by atoms with Crippen LogP contribution in [0.2, 0.25) is 0 Å². The van der Waals surface area contributed by atoms with Crippen molar-refractivity contribution in [2.24, 2.45) is 15.7 Å². The van der Waals surface area contributed by atoms with Crippen LogP contribution in [-0.4, -0.2) is 30.0 Å². The van der Waals surface area contributed by atoms with E-state index >= 15 is 0 Å². The summed E-state index contributed by atoms with van der Waals surface area (Å²) in [5, 5.41) is 5.22. The fourth-order valence-electron chi connectivity index (χ4n) is 2.23. The van der Waals surface area contributed by atoms with E-state index in [-0.39, 0.29) is 12.2 Å². The van der Waals surface area contributed by atoms with E-state index in [1.54, 1.807) is 11.3 Å². The second-order valence-corrected chi connectivity index (χ2v) is 5.60. The van der Waals surface area contributed by atoms with Gasteiger partial charge >= 0.3 is 0 Å². The van der Waals surface area contributed by atoms with Crippen molar-refractivity contribution in [2.75, 3.05) is 13.1 Å². The summed E-state index contributed by atoms with van der Waals surface area (Å²) < 4.78 is 1.02. The molecule has 1 aromatic heterocycles. The lowest BCUT2D eigenvalue weighted by Crippen LogP contribution is -2.36. The standard InChI is InChI=1S/C12H17N5S/c1-7-14-6-4-8(16-7)10(13)12-17-9-3-2-5-15-11(9)18-12/h3,7,10,14H,2,4-6,13H2,1H3. The molecule has 0 bridgehead atoms. The Morgan fingerprint density at radius 2 is 2.44 bits per heavy atom. The van der Waals surface area contributed by atoms with Crippen molar-refractivity contribution in [3.8, 4) is 0 Å². The van der Waals surface area contributed by atoms with Crippen LogP contribution in [0.4, 0.5) is 0 Å². The fraction of sp³-hybridized carbons (Fsp3) is 0.583. The Labute approximate surface area is 110 Å². The number of fused-ring (bicyclic) bond motifs is 1. The predicted molar refractivity (Wildman–Crippen MR) is 73.3 cm³/mol. The molecule has 3 rings (SSSR count). The lowest BCUT2D eigenvalue weighted by molar-refractivity contribution is 0.547. The largest absolute Gasteiger partial charge is 0.317 e. The number of thiazole rings is 1. The van der Waals surface area contributed by atoms with E-state index in [4.69, 9.17) is 5.73 Å². The summed E-state index contributed by atoms with van der Waals surface area (Å²) in [5.41, 5.74) is 7.33. The van der Waals surface area contributed by atoms with Crippen molar-refractivity contribution < 1.29 is 0 Å². The van der Waals surface area contributed by atoms with Gasteiger partial charge in [-0.25, -0.2) is 4.98 Å². The monoisotopic (exact) mass is 263 g/mol. The molecule has 1 aromatic rings. The quantitative estimate of drug-likeness (QED) is 0.771. The van der Waals surface area contributed by atoms with E-state index in [2.05, 4.69) is 26.4 Å². The van der Waals surface area contributed by atoms with E-state index in [0.29, 0.717) is 0 Å². The van der Waals surface area contributed by atoms with E-state index < -0.39 is 0 Å². The van der Waals surface area contributed by atoms with Gasteiger partial charge in [0, 0.05) is 18.8 Å². The zero-order chi connectivity index (χ0) is 12.5. The van der Waals surface area contributed by atoms with Crippen LogP contribution in [0.3, 0.4) is 0 Å². The first-order valence-electron chi connectivity index (χ1n) is 6.31. The lowest BCUT2D eigenvalue weighted by atomic mass is 10.1. The smallest absolute Gasteiger partial charge is 0.137 e. The molecule has 0 aliphatic carbocycles. The molecule has 0 spiro atoms. The Hall–Kier alpha value is -1.11. The molecule has 0 aromatic carbocycles.